The molecule has 0 heterocycles. The molecule has 0 radical (unpaired) electrons. The fourth-order valence-electron chi connectivity index (χ4n) is 2.18. The predicted molar refractivity (Wildman–Crippen MR) is 101 cm³/mol. The lowest BCUT2D eigenvalue weighted by molar-refractivity contribution is -0.124. The Morgan fingerprint density at radius 2 is 1.79 bits per heavy atom. The van der Waals surface area contributed by atoms with Gasteiger partial charge in [0.1, 0.15) is 6.04 Å². The van der Waals surface area contributed by atoms with Gasteiger partial charge in [0.2, 0.25) is 5.91 Å². The Labute approximate surface area is 155 Å². The number of carbonyl (C=O) groups is 2. The molecule has 7 heteroatoms. The molecule has 0 fully saturated rings. The van der Waals surface area contributed by atoms with Crippen LogP contribution in [0.2, 0.25) is 5.02 Å². The second-order valence-corrected chi connectivity index (χ2v) is 6.29. The van der Waals surface area contributed by atoms with Crippen molar-refractivity contribution in [3.05, 3.63) is 34.9 Å². The van der Waals surface area contributed by atoms with Gasteiger partial charge in [-0.2, -0.15) is 0 Å². The minimum atomic E-state index is -0.604. The molecule has 1 unspecified atom stereocenters. The molecule has 5 nitrogen and oxygen atoms in total. The Kier molecular flexibility index (Phi) is 10.7. The molecule has 0 saturated heterocycles. The van der Waals surface area contributed by atoms with E-state index >= 15 is 0 Å². The van der Waals surface area contributed by atoms with E-state index in [0.717, 1.165) is 6.54 Å². The number of hydrogen-bond acceptors (Lipinski definition) is 3. The van der Waals surface area contributed by atoms with Crippen molar-refractivity contribution in [2.75, 3.05) is 13.1 Å². The molecule has 3 N–H and O–H groups in total. The van der Waals surface area contributed by atoms with Crippen molar-refractivity contribution in [2.24, 2.45) is 5.92 Å². The van der Waals surface area contributed by atoms with Crippen molar-refractivity contribution in [3.8, 4) is 0 Å². The SMILES string of the molecule is CCN[C@H](C)CNC(=O)C(NC(=O)c1ccccc1Cl)C(C)C.Cl. The van der Waals surface area contributed by atoms with Crippen LogP contribution >= 0.6 is 24.0 Å². The van der Waals surface area contributed by atoms with Crippen LogP contribution in [0.25, 0.3) is 0 Å². The van der Waals surface area contributed by atoms with Gasteiger partial charge in [0.15, 0.2) is 0 Å². The van der Waals surface area contributed by atoms with Gasteiger partial charge >= 0.3 is 0 Å². The van der Waals surface area contributed by atoms with Gasteiger partial charge < -0.3 is 16.0 Å². The molecule has 1 aromatic rings. The van der Waals surface area contributed by atoms with E-state index in [0.29, 0.717) is 17.1 Å². The zero-order valence-corrected chi connectivity index (χ0v) is 16.1. The molecule has 0 aliphatic carbocycles. The van der Waals surface area contributed by atoms with Crippen molar-refractivity contribution in [3.63, 3.8) is 0 Å². The lowest BCUT2D eigenvalue weighted by Crippen LogP contribution is -2.51. The van der Waals surface area contributed by atoms with Gasteiger partial charge in [-0.3, -0.25) is 9.59 Å². The second kappa shape index (κ2) is 11.3. The number of rotatable bonds is 8. The molecule has 136 valence electrons. The fraction of sp³-hybridized carbons (Fsp3) is 0.529. The molecule has 0 bridgehead atoms. The van der Waals surface area contributed by atoms with Crippen LogP contribution in [-0.4, -0.2) is 37.0 Å². The zero-order chi connectivity index (χ0) is 17.4. The Bertz CT molecular complexity index is 538. The summed E-state index contributed by atoms with van der Waals surface area (Å²) in [5.41, 5.74) is 0.369. The Balaban J connectivity index is 0.00000529. The van der Waals surface area contributed by atoms with Crippen LogP contribution in [0.1, 0.15) is 38.1 Å². The Hall–Kier alpha value is -1.30. The van der Waals surface area contributed by atoms with Gasteiger partial charge in [0.25, 0.3) is 5.91 Å². The highest BCUT2D eigenvalue weighted by Crippen LogP contribution is 2.15. The summed E-state index contributed by atoms with van der Waals surface area (Å²) in [5, 5.41) is 9.24. The lowest BCUT2D eigenvalue weighted by Gasteiger charge is -2.23. The van der Waals surface area contributed by atoms with E-state index in [9.17, 15) is 9.59 Å². The average Bonchev–Trinajstić information content (AvgIpc) is 2.50. The average molecular weight is 376 g/mol. The number of hydrogen-bond donors (Lipinski definition) is 3. The van der Waals surface area contributed by atoms with E-state index in [2.05, 4.69) is 16.0 Å². The van der Waals surface area contributed by atoms with Gasteiger partial charge in [0.05, 0.1) is 10.6 Å². The minimum Gasteiger partial charge on any atom is -0.353 e. The number of amides is 2. The standard InChI is InChI=1S/C17H26ClN3O2.ClH/c1-5-19-12(4)10-20-17(23)15(11(2)3)21-16(22)13-8-6-7-9-14(13)18;/h6-9,11-12,15,19H,5,10H2,1-4H3,(H,20,23)(H,21,22);1H/t12-,15?;/m1./s1. The van der Waals surface area contributed by atoms with Crippen LogP contribution in [0.15, 0.2) is 24.3 Å². The number of likely N-dealkylation sites (N-methyl/N-ethyl adjacent to an activating group) is 1. The summed E-state index contributed by atoms with van der Waals surface area (Å²) >= 11 is 6.03. The van der Waals surface area contributed by atoms with Crippen molar-refractivity contribution < 1.29 is 9.59 Å². The highest BCUT2D eigenvalue weighted by Gasteiger charge is 2.25. The Morgan fingerprint density at radius 1 is 1.17 bits per heavy atom. The van der Waals surface area contributed by atoms with E-state index in [1.54, 1.807) is 24.3 Å². The third-order valence-electron chi connectivity index (χ3n) is 3.49. The molecule has 2 atom stereocenters. The van der Waals surface area contributed by atoms with E-state index in [1.165, 1.54) is 0 Å². The molecule has 0 saturated carbocycles. The first-order valence-electron chi connectivity index (χ1n) is 7.93. The number of carbonyl (C=O) groups excluding carboxylic acids is 2. The van der Waals surface area contributed by atoms with Crippen LogP contribution in [0.3, 0.4) is 0 Å². The molecule has 0 spiro atoms. The zero-order valence-electron chi connectivity index (χ0n) is 14.6. The molecule has 0 aromatic heterocycles. The molecule has 2 amide bonds. The molecule has 0 aliphatic heterocycles. The Morgan fingerprint density at radius 3 is 2.33 bits per heavy atom. The number of benzene rings is 1. The molecular weight excluding hydrogens is 349 g/mol. The van der Waals surface area contributed by atoms with Crippen LogP contribution < -0.4 is 16.0 Å². The van der Waals surface area contributed by atoms with Gasteiger partial charge in [-0.25, -0.2) is 0 Å². The topological polar surface area (TPSA) is 70.2 Å². The third kappa shape index (κ3) is 7.07. The number of halogens is 2. The van der Waals surface area contributed by atoms with Gasteiger partial charge in [-0.05, 0) is 31.5 Å². The summed E-state index contributed by atoms with van der Waals surface area (Å²) in [5.74, 6) is -0.565. The van der Waals surface area contributed by atoms with E-state index in [4.69, 9.17) is 11.6 Å². The first-order valence-corrected chi connectivity index (χ1v) is 8.31. The van der Waals surface area contributed by atoms with Crippen LogP contribution in [-0.2, 0) is 4.79 Å². The normalized spacial score (nSPS) is 12.9. The monoisotopic (exact) mass is 375 g/mol. The van der Waals surface area contributed by atoms with Gasteiger partial charge in [-0.15, -0.1) is 12.4 Å². The maximum atomic E-state index is 12.4. The van der Waals surface area contributed by atoms with Crippen LogP contribution in [0, 0.1) is 5.92 Å². The summed E-state index contributed by atoms with van der Waals surface area (Å²) in [6, 6.07) is 6.36. The van der Waals surface area contributed by atoms with Crippen molar-refractivity contribution in [2.45, 2.75) is 39.8 Å². The summed E-state index contributed by atoms with van der Waals surface area (Å²) < 4.78 is 0. The summed E-state index contributed by atoms with van der Waals surface area (Å²) in [4.78, 5) is 24.7. The van der Waals surface area contributed by atoms with Crippen LogP contribution in [0.4, 0.5) is 0 Å². The van der Waals surface area contributed by atoms with Gasteiger partial charge in [-0.1, -0.05) is 44.5 Å². The van der Waals surface area contributed by atoms with Gasteiger partial charge in [0, 0.05) is 12.6 Å². The highest BCUT2D eigenvalue weighted by atomic mass is 35.5. The molecular formula is C17H27Cl2N3O2. The quantitative estimate of drug-likeness (QED) is 0.653. The first-order chi connectivity index (χ1) is 10.9. The maximum Gasteiger partial charge on any atom is 0.253 e. The fourth-order valence-corrected chi connectivity index (χ4v) is 2.41. The number of nitrogens with one attached hydrogen (secondary N) is 3. The second-order valence-electron chi connectivity index (χ2n) is 5.88. The first kappa shape index (κ1) is 22.7. The summed E-state index contributed by atoms with van der Waals surface area (Å²) in [6.45, 7) is 9.15. The summed E-state index contributed by atoms with van der Waals surface area (Å²) in [6.07, 6.45) is 0. The minimum absolute atomic E-state index is 0. The van der Waals surface area contributed by atoms with Crippen molar-refractivity contribution >= 4 is 35.8 Å². The summed E-state index contributed by atoms with van der Waals surface area (Å²) in [7, 11) is 0. The lowest BCUT2D eigenvalue weighted by atomic mass is 10.0. The highest BCUT2D eigenvalue weighted by molar-refractivity contribution is 6.33. The largest absolute Gasteiger partial charge is 0.353 e. The smallest absolute Gasteiger partial charge is 0.253 e. The molecule has 24 heavy (non-hydrogen) atoms. The van der Waals surface area contributed by atoms with E-state index in [1.807, 2.05) is 27.7 Å². The maximum absolute atomic E-state index is 12.4. The van der Waals surface area contributed by atoms with Crippen molar-refractivity contribution in [1.29, 1.82) is 0 Å². The van der Waals surface area contributed by atoms with Crippen LogP contribution in [0.5, 0.6) is 0 Å². The van der Waals surface area contributed by atoms with E-state index < -0.39 is 6.04 Å². The molecule has 1 aromatic carbocycles. The molecule has 0 aliphatic rings. The predicted octanol–water partition coefficient (Wildman–Crippen LogP) is 2.63. The third-order valence-corrected chi connectivity index (χ3v) is 3.82. The van der Waals surface area contributed by atoms with Crippen molar-refractivity contribution in [1.82, 2.24) is 16.0 Å². The van der Waals surface area contributed by atoms with E-state index in [-0.39, 0.29) is 36.2 Å². The molecule has 1 rings (SSSR count).